The highest BCUT2D eigenvalue weighted by Crippen LogP contribution is 2.48. The molecule has 1 atom stereocenters. The average molecular weight is 316 g/mol. The van der Waals surface area contributed by atoms with Gasteiger partial charge in [-0.3, -0.25) is 0 Å². The second kappa shape index (κ2) is 6.35. The highest BCUT2D eigenvalue weighted by atomic mass is 35.5. The van der Waals surface area contributed by atoms with Gasteiger partial charge in [-0.05, 0) is 49.8 Å². The largest absolute Gasteiger partial charge is 0.376 e. The Hall–Kier alpha value is -0.0900. The SMILES string of the molecule is CCNC(c1ccc(Cl)s1)C1(OC)CCC(C)(C)CC1. The summed E-state index contributed by atoms with van der Waals surface area (Å²) in [5, 5.41) is 3.63. The van der Waals surface area contributed by atoms with Crippen molar-refractivity contribution < 1.29 is 4.74 Å². The van der Waals surface area contributed by atoms with Crippen LogP contribution in [0.5, 0.6) is 0 Å². The molecular formula is C16H26ClNOS. The van der Waals surface area contributed by atoms with Gasteiger partial charge in [-0.15, -0.1) is 11.3 Å². The molecule has 0 amide bonds. The Labute approximate surface area is 131 Å². The lowest BCUT2D eigenvalue weighted by molar-refractivity contribution is -0.0865. The summed E-state index contributed by atoms with van der Waals surface area (Å²) in [6.45, 7) is 7.81. The first-order chi connectivity index (χ1) is 9.42. The van der Waals surface area contributed by atoms with Gasteiger partial charge in [0.15, 0.2) is 0 Å². The highest BCUT2D eigenvalue weighted by molar-refractivity contribution is 7.16. The van der Waals surface area contributed by atoms with Crippen molar-refractivity contribution in [3.63, 3.8) is 0 Å². The van der Waals surface area contributed by atoms with E-state index in [4.69, 9.17) is 16.3 Å². The van der Waals surface area contributed by atoms with Crippen molar-refractivity contribution in [1.29, 1.82) is 0 Å². The lowest BCUT2D eigenvalue weighted by Gasteiger charge is -2.47. The number of likely N-dealkylation sites (N-methyl/N-ethyl adjacent to an activating group) is 1. The van der Waals surface area contributed by atoms with Gasteiger partial charge in [-0.25, -0.2) is 0 Å². The molecule has 0 bridgehead atoms. The first-order valence-electron chi connectivity index (χ1n) is 7.46. The quantitative estimate of drug-likeness (QED) is 0.822. The molecule has 1 aromatic rings. The molecule has 0 aliphatic heterocycles. The molecule has 1 heterocycles. The molecule has 1 aliphatic rings. The molecule has 0 aromatic carbocycles. The van der Waals surface area contributed by atoms with Crippen molar-refractivity contribution in [2.45, 2.75) is 58.1 Å². The Bertz CT molecular complexity index is 433. The van der Waals surface area contributed by atoms with E-state index in [2.05, 4.69) is 32.2 Å². The molecule has 1 aliphatic carbocycles. The van der Waals surface area contributed by atoms with Crippen molar-refractivity contribution in [3.8, 4) is 0 Å². The van der Waals surface area contributed by atoms with Crippen LogP contribution in [0.3, 0.4) is 0 Å². The van der Waals surface area contributed by atoms with E-state index in [1.165, 1.54) is 17.7 Å². The van der Waals surface area contributed by atoms with Crippen LogP contribution in [0.15, 0.2) is 12.1 Å². The summed E-state index contributed by atoms with van der Waals surface area (Å²) >= 11 is 7.79. The molecule has 0 spiro atoms. The molecule has 2 nitrogen and oxygen atoms in total. The fraction of sp³-hybridized carbons (Fsp3) is 0.750. The summed E-state index contributed by atoms with van der Waals surface area (Å²) in [4.78, 5) is 1.29. The van der Waals surface area contributed by atoms with E-state index in [0.29, 0.717) is 5.41 Å². The molecule has 1 unspecified atom stereocenters. The Morgan fingerprint density at radius 2 is 1.95 bits per heavy atom. The van der Waals surface area contributed by atoms with Gasteiger partial charge in [0.25, 0.3) is 0 Å². The van der Waals surface area contributed by atoms with Gasteiger partial charge in [0.2, 0.25) is 0 Å². The third-order valence-electron chi connectivity index (χ3n) is 4.67. The molecule has 114 valence electrons. The molecule has 1 saturated carbocycles. The van der Waals surface area contributed by atoms with Gasteiger partial charge in [0.1, 0.15) is 0 Å². The van der Waals surface area contributed by atoms with Crippen molar-refractivity contribution in [1.82, 2.24) is 5.32 Å². The predicted octanol–water partition coefficient (Wildman–Crippen LogP) is 5.04. The summed E-state index contributed by atoms with van der Waals surface area (Å²) in [6.07, 6.45) is 4.62. The molecule has 4 heteroatoms. The van der Waals surface area contributed by atoms with E-state index >= 15 is 0 Å². The number of nitrogens with one attached hydrogen (secondary N) is 1. The van der Waals surface area contributed by atoms with Gasteiger partial charge in [0, 0.05) is 12.0 Å². The maximum absolute atomic E-state index is 6.13. The number of rotatable bonds is 5. The van der Waals surface area contributed by atoms with E-state index in [1.54, 1.807) is 11.3 Å². The molecule has 1 aromatic heterocycles. The van der Waals surface area contributed by atoms with Crippen LogP contribution in [0.2, 0.25) is 4.34 Å². The number of thiophene rings is 1. The van der Waals surface area contributed by atoms with Crippen LogP contribution in [-0.4, -0.2) is 19.3 Å². The maximum Gasteiger partial charge on any atom is 0.0931 e. The highest BCUT2D eigenvalue weighted by Gasteiger charge is 2.45. The number of ether oxygens (including phenoxy) is 1. The number of hydrogen-bond donors (Lipinski definition) is 1. The summed E-state index contributed by atoms with van der Waals surface area (Å²) in [5.41, 5.74) is 0.339. The van der Waals surface area contributed by atoms with E-state index in [9.17, 15) is 0 Å². The predicted molar refractivity (Wildman–Crippen MR) is 87.7 cm³/mol. The zero-order chi connectivity index (χ0) is 14.8. The zero-order valence-electron chi connectivity index (χ0n) is 13.0. The van der Waals surface area contributed by atoms with Crippen molar-refractivity contribution in [2.24, 2.45) is 5.41 Å². The fourth-order valence-electron chi connectivity index (χ4n) is 3.19. The lowest BCUT2D eigenvalue weighted by Crippen LogP contribution is -2.48. The Morgan fingerprint density at radius 3 is 2.40 bits per heavy atom. The molecule has 1 fully saturated rings. The second-order valence-corrected chi connectivity index (χ2v) is 8.31. The number of hydrogen-bond acceptors (Lipinski definition) is 3. The second-order valence-electron chi connectivity index (χ2n) is 6.57. The van der Waals surface area contributed by atoms with E-state index in [1.807, 2.05) is 13.2 Å². The van der Waals surface area contributed by atoms with E-state index < -0.39 is 0 Å². The van der Waals surface area contributed by atoms with Gasteiger partial charge < -0.3 is 10.1 Å². The summed E-state index contributed by atoms with van der Waals surface area (Å²) in [7, 11) is 1.86. The van der Waals surface area contributed by atoms with Gasteiger partial charge >= 0.3 is 0 Å². The first-order valence-corrected chi connectivity index (χ1v) is 8.66. The molecular weight excluding hydrogens is 290 g/mol. The molecule has 1 N–H and O–H groups in total. The lowest BCUT2D eigenvalue weighted by atomic mass is 9.68. The standard InChI is InChI=1S/C16H26ClNOS/c1-5-18-14(12-6-7-13(17)20-12)16(19-4)10-8-15(2,3)9-11-16/h6-7,14,18H,5,8-11H2,1-4H3. The minimum atomic E-state index is -0.0975. The summed E-state index contributed by atoms with van der Waals surface area (Å²) < 4.78 is 6.90. The minimum absolute atomic E-state index is 0.0975. The molecule has 0 radical (unpaired) electrons. The number of halogens is 1. The molecule has 2 rings (SSSR count). The first kappa shape index (κ1) is 16.3. The molecule has 0 saturated heterocycles. The van der Waals surface area contributed by atoms with Crippen LogP contribution < -0.4 is 5.32 Å². The average Bonchev–Trinajstić information content (AvgIpc) is 2.84. The topological polar surface area (TPSA) is 21.3 Å². The van der Waals surface area contributed by atoms with Crippen LogP contribution in [0.1, 0.15) is 57.4 Å². The van der Waals surface area contributed by atoms with Crippen LogP contribution in [0.25, 0.3) is 0 Å². The van der Waals surface area contributed by atoms with Gasteiger partial charge in [0.05, 0.1) is 16.0 Å². The monoisotopic (exact) mass is 315 g/mol. The fourth-order valence-corrected chi connectivity index (χ4v) is 4.44. The van der Waals surface area contributed by atoms with E-state index in [-0.39, 0.29) is 11.6 Å². The third-order valence-corrected chi connectivity index (χ3v) is 5.97. The minimum Gasteiger partial charge on any atom is -0.376 e. The third kappa shape index (κ3) is 3.38. The van der Waals surface area contributed by atoms with E-state index in [0.717, 1.165) is 23.7 Å². The van der Waals surface area contributed by atoms with Gasteiger partial charge in [-0.2, -0.15) is 0 Å². The summed E-state index contributed by atoms with van der Waals surface area (Å²) in [5.74, 6) is 0. The normalized spacial score (nSPS) is 22.6. The summed E-state index contributed by atoms with van der Waals surface area (Å²) in [6, 6.07) is 4.37. The number of methoxy groups -OCH3 is 1. The van der Waals surface area contributed by atoms with Crippen molar-refractivity contribution in [3.05, 3.63) is 21.3 Å². The Morgan fingerprint density at radius 1 is 1.30 bits per heavy atom. The Balaban J connectivity index is 2.26. The zero-order valence-corrected chi connectivity index (χ0v) is 14.5. The smallest absolute Gasteiger partial charge is 0.0931 e. The molecule has 20 heavy (non-hydrogen) atoms. The van der Waals surface area contributed by atoms with Crippen LogP contribution >= 0.6 is 22.9 Å². The Kier molecular flexibility index (Phi) is 5.17. The van der Waals surface area contributed by atoms with Crippen LogP contribution in [0.4, 0.5) is 0 Å². The van der Waals surface area contributed by atoms with Crippen molar-refractivity contribution >= 4 is 22.9 Å². The van der Waals surface area contributed by atoms with Crippen LogP contribution in [0, 0.1) is 5.41 Å². The van der Waals surface area contributed by atoms with Crippen LogP contribution in [-0.2, 0) is 4.74 Å². The van der Waals surface area contributed by atoms with Crippen molar-refractivity contribution in [2.75, 3.05) is 13.7 Å². The maximum atomic E-state index is 6.13. The van der Waals surface area contributed by atoms with Gasteiger partial charge in [-0.1, -0.05) is 32.4 Å².